The molecule has 0 bridgehead atoms. The lowest BCUT2D eigenvalue weighted by Gasteiger charge is -2.27. The lowest BCUT2D eigenvalue weighted by Crippen LogP contribution is -2.36. The first-order valence-corrected chi connectivity index (χ1v) is 9.26. The van der Waals surface area contributed by atoms with Gasteiger partial charge in [0.25, 0.3) is 5.91 Å². The molecule has 29 heavy (non-hydrogen) atoms. The van der Waals surface area contributed by atoms with Crippen LogP contribution in [0.15, 0.2) is 12.1 Å². The summed E-state index contributed by atoms with van der Waals surface area (Å²) in [5, 5.41) is 4.42. The molecule has 0 aliphatic carbocycles. The summed E-state index contributed by atoms with van der Waals surface area (Å²) in [5.74, 6) is 0.590. The van der Waals surface area contributed by atoms with E-state index < -0.39 is 5.97 Å². The topological polar surface area (TPSA) is 92.1 Å². The highest BCUT2D eigenvalue weighted by molar-refractivity contribution is 5.96. The van der Waals surface area contributed by atoms with E-state index in [0.717, 1.165) is 11.3 Å². The third kappa shape index (κ3) is 3.72. The van der Waals surface area contributed by atoms with Crippen LogP contribution in [-0.4, -0.2) is 61.0 Å². The molecule has 1 aromatic heterocycles. The fourth-order valence-electron chi connectivity index (χ4n) is 3.52. The van der Waals surface area contributed by atoms with Crippen molar-refractivity contribution in [1.82, 2.24) is 14.7 Å². The van der Waals surface area contributed by atoms with Gasteiger partial charge in [0, 0.05) is 31.1 Å². The summed E-state index contributed by atoms with van der Waals surface area (Å²) < 4.78 is 22.7. The molecule has 1 amide bonds. The highest BCUT2D eigenvalue weighted by atomic mass is 16.5. The largest absolute Gasteiger partial charge is 0.493 e. The first-order chi connectivity index (χ1) is 13.9. The van der Waals surface area contributed by atoms with Crippen LogP contribution in [0.25, 0.3) is 0 Å². The molecule has 0 N–H and O–H groups in total. The molecule has 9 nitrogen and oxygen atoms in total. The van der Waals surface area contributed by atoms with Crippen molar-refractivity contribution in [1.29, 1.82) is 0 Å². The molecule has 1 aromatic carbocycles. The minimum absolute atomic E-state index is 0.200. The van der Waals surface area contributed by atoms with E-state index in [1.54, 1.807) is 31.0 Å². The quantitative estimate of drug-likeness (QED) is 0.680. The van der Waals surface area contributed by atoms with E-state index in [4.69, 9.17) is 18.9 Å². The van der Waals surface area contributed by atoms with Crippen molar-refractivity contribution < 1.29 is 28.5 Å². The monoisotopic (exact) mass is 403 g/mol. The molecule has 156 valence electrons. The third-order valence-electron chi connectivity index (χ3n) is 4.86. The summed E-state index contributed by atoms with van der Waals surface area (Å²) in [5.41, 5.74) is 2.32. The summed E-state index contributed by atoms with van der Waals surface area (Å²) in [6.45, 7) is 2.78. The standard InChI is InChI=1S/C20H25N3O6/c1-6-29-20(25)17-13-11-23(8-7-14(13)21-22(17)2)19(24)12-9-15(26-3)18(28-5)16(10-12)27-4/h9-10H,6-8,11H2,1-5H3. The van der Waals surface area contributed by atoms with Crippen molar-refractivity contribution >= 4 is 11.9 Å². The van der Waals surface area contributed by atoms with Gasteiger partial charge in [0.1, 0.15) is 0 Å². The lowest BCUT2D eigenvalue weighted by molar-refractivity contribution is 0.0508. The summed E-state index contributed by atoms with van der Waals surface area (Å²) in [4.78, 5) is 27.2. The number of amides is 1. The van der Waals surface area contributed by atoms with Crippen LogP contribution < -0.4 is 14.2 Å². The number of aromatic nitrogens is 2. The Morgan fingerprint density at radius 1 is 1.10 bits per heavy atom. The van der Waals surface area contributed by atoms with Gasteiger partial charge < -0.3 is 23.8 Å². The molecule has 2 aromatic rings. The average molecular weight is 403 g/mol. The van der Waals surface area contributed by atoms with Crippen molar-refractivity contribution in [2.75, 3.05) is 34.5 Å². The Hall–Kier alpha value is -3.23. The van der Waals surface area contributed by atoms with Crippen molar-refractivity contribution in [2.24, 2.45) is 7.05 Å². The Balaban J connectivity index is 1.93. The number of aryl methyl sites for hydroxylation is 1. The van der Waals surface area contributed by atoms with Gasteiger partial charge in [0.2, 0.25) is 5.75 Å². The maximum absolute atomic E-state index is 13.2. The second kappa shape index (κ2) is 8.42. The predicted molar refractivity (Wildman–Crippen MR) is 104 cm³/mol. The third-order valence-corrected chi connectivity index (χ3v) is 4.86. The molecule has 2 heterocycles. The highest BCUT2D eigenvalue weighted by Crippen LogP contribution is 2.38. The normalized spacial score (nSPS) is 12.9. The Morgan fingerprint density at radius 2 is 1.76 bits per heavy atom. The van der Waals surface area contributed by atoms with Crippen molar-refractivity contribution in [3.8, 4) is 17.2 Å². The number of carbonyl (C=O) groups excluding carboxylic acids is 2. The van der Waals surface area contributed by atoms with Gasteiger partial charge in [-0.2, -0.15) is 5.10 Å². The van der Waals surface area contributed by atoms with Gasteiger partial charge in [0.05, 0.1) is 40.2 Å². The molecule has 0 saturated carbocycles. The summed E-state index contributed by atoms with van der Waals surface area (Å²) >= 11 is 0. The molecule has 9 heteroatoms. The molecule has 0 radical (unpaired) electrons. The van der Waals surface area contributed by atoms with Crippen LogP contribution in [0, 0.1) is 0 Å². The van der Waals surface area contributed by atoms with Gasteiger partial charge in [-0.1, -0.05) is 0 Å². The van der Waals surface area contributed by atoms with E-state index in [9.17, 15) is 9.59 Å². The number of ether oxygens (including phenoxy) is 4. The summed E-state index contributed by atoms with van der Waals surface area (Å²) in [6.07, 6.45) is 0.554. The first-order valence-electron chi connectivity index (χ1n) is 9.26. The SMILES string of the molecule is CCOC(=O)c1c2c(nn1C)CCN(C(=O)c1cc(OC)c(OC)c(OC)c1)C2. The van der Waals surface area contributed by atoms with Crippen LogP contribution in [-0.2, 0) is 24.8 Å². The van der Waals surface area contributed by atoms with E-state index in [1.807, 2.05) is 0 Å². The van der Waals surface area contributed by atoms with Crippen molar-refractivity contribution in [2.45, 2.75) is 19.9 Å². The summed E-state index contributed by atoms with van der Waals surface area (Å²) in [6, 6.07) is 3.24. The fourth-order valence-corrected chi connectivity index (χ4v) is 3.52. The average Bonchev–Trinajstić information content (AvgIpc) is 3.06. The number of carbonyl (C=O) groups is 2. The fraction of sp³-hybridized carbons (Fsp3) is 0.450. The minimum atomic E-state index is -0.439. The van der Waals surface area contributed by atoms with E-state index in [0.29, 0.717) is 41.5 Å². The maximum Gasteiger partial charge on any atom is 0.356 e. The van der Waals surface area contributed by atoms with Gasteiger partial charge in [-0.25, -0.2) is 4.79 Å². The number of esters is 1. The highest BCUT2D eigenvalue weighted by Gasteiger charge is 2.31. The molecular formula is C20H25N3O6. The minimum Gasteiger partial charge on any atom is -0.493 e. The second-order valence-electron chi connectivity index (χ2n) is 6.51. The summed E-state index contributed by atoms with van der Waals surface area (Å²) in [7, 11) is 6.21. The van der Waals surface area contributed by atoms with E-state index in [-0.39, 0.29) is 19.1 Å². The van der Waals surface area contributed by atoms with E-state index in [1.165, 1.54) is 26.0 Å². The van der Waals surface area contributed by atoms with E-state index in [2.05, 4.69) is 5.10 Å². The van der Waals surface area contributed by atoms with Crippen molar-refractivity contribution in [3.05, 3.63) is 34.6 Å². The van der Waals surface area contributed by atoms with Gasteiger partial charge in [-0.05, 0) is 19.1 Å². The molecule has 3 rings (SSSR count). The zero-order valence-electron chi connectivity index (χ0n) is 17.3. The number of hydrogen-bond donors (Lipinski definition) is 0. The molecule has 0 spiro atoms. The number of hydrogen-bond acceptors (Lipinski definition) is 7. The van der Waals surface area contributed by atoms with Gasteiger partial charge in [-0.15, -0.1) is 0 Å². The maximum atomic E-state index is 13.2. The van der Waals surface area contributed by atoms with Crippen LogP contribution in [0.1, 0.15) is 39.0 Å². The number of benzene rings is 1. The number of nitrogens with zero attached hydrogens (tertiary/aromatic N) is 3. The second-order valence-corrected chi connectivity index (χ2v) is 6.51. The smallest absolute Gasteiger partial charge is 0.356 e. The molecule has 0 fully saturated rings. The zero-order chi connectivity index (χ0) is 21.1. The molecule has 1 aliphatic rings. The van der Waals surface area contributed by atoms with Crippen LogP contribution in [0.5, 0.6) is 17.2 Å². The Morgan fingerprint density at radius 3 is 2.31 bits per heavy atom. The molecule has 0 saturated heterocycles. The van der Waals surface area contributed by atoms with E-state index >= 15 is 0 Å². The Kier molecular flexibility index (Phi) is 5.95. The van der Waals surface area contributed by atoms with Gasteiger partial charge >= 0.3 is 5.97 Å². The molecule has 1 aliphatic heterocycles. The lowest BCUT2D eigenvalue weighted by atomic mass is 10.0. The molecule has 0 unspecified atom stereocenters. The van der Waals surface area contributed by atoms with Crippen LogP contribution in [0.4, 0.5) is 0 Å². The number of rotatable bonds is 6. The zero-order valence-corrected chi connectivity index (χ0v) is 17.3. The predicted octanol–water partition coefficient (Wildman–Crippen LogP) is 1.82. The number of methoxy groups -OCH3 is 3. The molecule has 0 atom stereocenters. The Labute approximate surface area is 169 Å². The molecular weight excluding hydrogens is 378 g/mol. The van der Waals surface area contributed by atoms with Gasteiger partial charge in [-0.3, -0.25) is 9.48 Å². The Bertz CT molecular complexity index is 912. The van der Waals surface area contributed by atoms with Gasteiger partial charge in [0.15, 0.2) is 17.2 Å². The van der Waals surface area contributed by atoms with Crippen LogP contribution >= 0.6 is 0 Å². The van der Waals surface area contributed by atoms with Crippen LogP contribution in [0.3, 0.4) is 0 Å². The number of fused-ring (bicyclic) bond motifs is 1. The van der Waals surface area contributed by atoms with Crippen LogP contribution in [0.2, 0.25) is 0 Å². The van der Waals surface area contributed by atoms with Crippen molar-refractivity contribution in [3.63, 3.8) is 0 Å². The first kappa shape index (κ1) is 20.5.